The third-order valence-corrected chi connectivity index (χ3v) is 7.11. The van der Waals surface area contributed by atoms with Gasteiger partial charge < -0.3 is 9.30 Å². The van der Waals surface area contributed by atoms with E-state index < -0.39 is 17.1 Å². The predicted octanol–water partition coefficient (Wildman–Crippen LogP) is 1.94. The minimum absolute atomic E-state index is 0.0967. The highest BCUT2D eigenvalue weighted by Crippen LogP contribution is 2.22. The van der Waals surface area contributed by atoms with Gasteiger partial charge in [-0.05, 0) is 26.0 Å². The summed E-state index contributed by atoms with van der Waals surface area (Å²) in [6.07, 6.45) is 0. The van der Waals surface area contributed by atoms with Crippen molar-refractivity contribution in [2.24, 2.45) is 7.05 Å². The second kappa shape index (κ2) is 8.68. The Bertz CT molecular complexity index is 1510. The Hall–Kier alpha value is -2.95. The second-order valence-corrected chi connectivity index (χ2v) is 9.04. The minimum Gasteiger partial charge on any atom is -0.379 e. The highest BCUT2D eigenvalue weighted by molar-refractivity contribution is 6.31. The van der Waals surface area contributed by atoms with E-state index in [4.69, 9.17) is 21.3 Å². The lowest BCUT2D eigenvalue weighted by molar-refractivity contribution is 0.0364. The fourth-order valence-electron chi connectivity index (χ4n) is 4.63. The largest absolute Gasteiger partial charge is 0.379 e. The molecule has 5 rings (SSSR count). The Balaban J connectivity index is 1.66. The van der Waals surface area contributed by atoms with Crippen LogP contribution in [0.15, 0.2) is 27.8 Å². The van der Waals surface area contributed by atoms with Gasteiger partial charge in [0.25, 0.3) is 5.56 Å². The first-order valence-corrected chi connectivity index (χ1v) is 11.6. The van der Waals surface area contributed by atoms with Crippen LogP contribution >= 0.6 is 11.6 Å². The van der Waals surface area contributed by atoms with E-state index in [9.17, 15) is 14.0 Å². The van der Waals surface area contributed by atoms with Gasteiger partial charge in [-0.2, -0.15) is 4.98 Å². The number of hydrogen-bond acceptors (Lipinski definition) is 5. The number of fused-ring (bicyclic) bond motifs is 3. The monoisotopic (exact) mass is 488 g/mol. The van der Waals surface area contributed by atoms with Crippen LogP contribution in [-0.4, -0.2) is 60.8 Å². The van der Waals surface area contributed by atoms with Gasteiger partial charge in [0, 0.05) is 55.2 Å². The highest BCUT2D eigenvalue weighted by Gasteiger charge is 2.24. The van der Waals surface area contributed by atoms with E-state index in [2.05, 4.69) is 9.47 Å². The summed E-state index contributed by atoms with van der Waals surface area (Å²) in [4.78, 5) is 33.7. The van der Waals surface area contributed by atoms with Crippen LogP contribution in [0.4, 0.5) is 4.39 Å². The predicted molar refractivity (Wildman–Crippen MR) is 127 cm³/mol. The Labute approximate surface area is 199 Å². The molecule has 9 nitrogen and oxygen atoms in total. The zero-order valence-electron chi connectivity index (χ0n) is 19.3. The molecule has 3 aromatic heterocycles. The Morgan fingerprint density at radius 1 is 1.09 bits per heavy atom. The number of morpholine rings is 1. The van der Waals surface area contributed by atoms with Gasteiger partial charge in [-0.15, -0.1) is 0 Å². The van der Waals surface area contributed by atoms with Crippen molar-refractivity contribution in [3.63, 3.8) is 0 Å². The van der Waals surface area contributed by atoms with Crippen molar-refractivity contribution in [1.82, 2.24) is 28.0 Å². The average Bonchev–Trinajstić information content (AvgIpc) is 3.32. The SMILES string of the molecule is Cc1c(C)n2c3c(=O)n(Cc4c(F)cccc4Cl)c(=O)n(C)c3nc2n1CCN1CCOCC1. The number of aryl methyl sites for hydroxylation is 2. The zero-order valence-corrected chi connectivity index (χ0v) is 20.1. The first-order chi connectivity index (χ1) is 16.3. The lowest BCUT2D eigenvalue weighted by atomic mass is 10.2. The summed E-state index contributed by atoms with van der Waals surface area (Å²) >= 11 is 6.17. The summed E-state index contributed by atoms with van der Waals surface area (Å²) in [6.45, 7) is 8.38. The van der Waals surface area contributed by atoms with E-state index in [-0.39, 0.29) is 22.6 Å². The molecule has 0 spiro atoms. The van der Waals surface area contributed by atoms with Gasteiger partial charge in [-0.25, -0.2) is 9.18 Å². The number of nitrogens with zero attached hydrogens (tertiary/aromatic N) is 6. The molecule has 0 atom stereocenters. The minimum atomic E-state index is -0.577. The van der Waals surface area contributed by atoms with E-state index >= 15 is 0 Å². The molecular formula is C23H26ClFN6O3. The van der Waals surface area contributed by atoms with Gasteiger partial charge in [0.05, 0.1) is 19.8 Å². The fourth-order valence-corrected chi connectivity index (χ4v) is 4.85. The van der Waals surface area contributed by atoms with Crippen molar-refractivity contribution in [2.45, 2.75) is 26.9 Å². The molecule has 0 radical (unpaired) electrons. The molecule has 1 saturated heterocycles. The molecule has 0 saturated carbocycles. The molecule has 1 aliphatic rings. The van der Waals surface area contributed by atoms with E-state index in [1.165, 1.54) is 22.8 Å². The van der Waals surface area contributed by atoms with Gasteiger partial charge >= 0.3 is 5.69 Å². The van der Waals surface area contributed by atoms with Gasteiger partial charge in [0.15, 0.2) is 11.2 Å². The molecule has 4 aromatic rings. The van der Waals surface area contributed by atoms with E-state index in [0.717, 1.165) is 48.8 Å². The molecule has 0 bridgehead atoms. The molecule has 4 heterocycles. The van der Waals surface area contributed by atoms with Crippen molar-refractivity contribution in [3.05, 3.63) is 66.8 Å². The number of halogens is 2. The molecule has 11 heteroatoms. The summed E-state index contributed by atoms with van der Waals surface area (Å²) < 4.78 is 26.1. The summed E-state index contributed by atoms with van der Waals surface area (Å²) in [7, 11) is 1.57. The lowest BCUT2D eigenvalue weighted by Gasteiger charge is -2.26. The lowest BCUT2D eigenvalue weighted by Crippen LogP contribution is -2.40. The number of rotatable bonds is 5. The molecule has 34 heavy (non-hydrogen) atoms. The Morgan fingerprint density at radius 3 is 2.53 bits per heavy atom. The number of hydrogen-bond donors (Lipinski definition) is 0. The normalized spacial score (nSPS) is 15.1. The third kappa shape index (κ3) is 3.57. The van der Waals surface area contributed by atoms with Crippen LogP contribution in [-0.2, 0) is 24.9 Å². The van der Waals surface area contributed by atoms with Crippen LogP contribution in [0.2, 0.25) is 5.02 Å². The van der Waals surface area contributed by atoms with Crippen LogP contribution in [0, 0.1) is 19.7 Å². The van der Waals surface area contributed by atoms with Gasteiger partial charge in [-0.3, -0.25) is 23.2 Å². The maximum atomic E-state index is 14.4. The van der Waals surface area contributed by atoms with E-state index in [0.29, 0.717) is 18.0 Å². The van der Waals surface area contributed by atoms with Gasteiger partial charge in [0.2, 0.25) is 5.78 Å². The van der Waals surface area contributed by atoms with Crippen LogP contribution in [0.25, 0.3) is 16.9 Å². The molecule has 1 fully saturated rings. The second-order valence-electron chi connectivity index (χ2n) is 8.63. The number of imidazole rings is 2. The number of ether oxygens (including phenoxy) is 1. The summed E-state index contributed by atoms with van der Waals surface area (Å²) in [5.41, 5.74) is 1.43. The van der Waals surface area contributed by atoms with E-state index in [1.807, 2.05) is 13.8 Å². The molecule has 0 unspecified atom stereocenters. The van der Waals surface area contributed by atoms with Crippen molar-refractivity contribution >= 4 is 28.5 Å². The molecule has 1 aromatic carbocycles. The standard InChI is InChI=1S/C23H26ClFN6O3/c1-14-15(2)31-19-20(26-22(31)29(14)8-7-28-9-11-34-12-10-28)27(3)23(33)30(21(19)32)13-16-17(24)5-4-6-18(16)25/h4-6H,7-13H2,1-3H3. The van der Waals surface area contributed by atoms with Crippen molar-refractivity contribution in [1.29, 1.82) is 0 Å². The molecule has 0 aliphatic carbocycles. The van der Waals surface area contributed by atoms with Gasteiger partial charge in [0.1, 0.15) is 5.82 Å². The Morgan fingerprint density at radius 2 is 1.82 bits per heavy atom. The van der Waals surface area contributed by atoms with Gasteiger partial charge in [-0.1, -0.05) is 17.7 Å². The average molecular weight is 489 g/mol. The zero-order chi connectivity index (χ0) is 24.1. The number of benzene rings is 1. The molecular weight excluding hydrogens is 463 g/mol. The smallest absolute Gasteiger partial charge is 0.332 e. The third-order valence-electron chi connectivity index (χ3n) is 6.75. The first kappa shape index (κ1) is 22.8. The van der Waals surface area contributed by atoms with Crippen LogP contribution in [0.3, 0.4) is 0 Å². The summed E-state index contributed by atoms with van der Waals surface area (Å²) in [5.74, 6) is 0.0355. The number of aromatic nitrogens is 5. The van der Waals surface area contributed by atoms with Crippen LogP contribution in [0.5, 0.6) is 0 Å². The summed E-state index contributed by atoms with van der Waals surface area (Å²) in [5, 5.41) is 0.161. The fraction of sp³-hybridized carbons (Fsp3) is 0.435. The maximum absolute atomic E-state index is 14.4. The van der Waals surface area contributed by atoms with E-state index in [1.54, 1.807) is 11.4 Å². The molecule has 0 N–H and O–H groups in total. The molecule has 1 aliphatic heterocycles. The van der Waals surface area contributed by atoms with Crippen molar-refractivity contribution in [2.75, 3.05) is 32.8 Å². The Kier molecular flexibility index (Phi) is 5.83. The quantitative estimate of drug-likeness (QED) is 0.429. The van der Waals surface area contributed by atoms with Crippen LogP contribution in [0.1, 0.15) is 17.0 Å². The molecule has 180 valence electrons. The maximum Gasteiger partial charge on any atom is 0.332 e. The molecule has 0 amide bonds. The van der Waals surface area contributed by atoms with Crippen molar-refractivity contribution in [3.8, 4) is 0 Å². The van der Waals surface area contributed by atoms with Crippen molar-refractivity contribution < 1.29 is 9.13 Å². The topological polar surface area (TPSA) is 78.7 Å². The van der Waals surface area contributed by atoms with Crippen LogP contribution < -0.4 is 11.2 Å². The summed E-state index contributed by atoms with van der Waals surface area (Å²) in [6, 6.07) is 4.28. The first-order valence-electron chi connectivity index (χ1n) is 11.2. The highest BCUT2D eigenvalue weighted by atomic mass is 35.5.